The van der Waals surface area contributed by atoms with Gasteiger partial charge in [0.25, 0.3) is 0 Å². The van der Waals surface area contributed by atoms with Gasteiger partial charge in [0.05, 0.1) is 11.6 Å². The lowest BCUT2D eigenvalue weighted by Gasteiger charge is -2.43. The fraction of sp³-hybridized carbons (Fsp3) is 0.381. The van der Waals surface area contributed by atoms with E-state index in [9.17, 15) is 9.90 Å². The highest BCUT2D eigenvalue weighted by molar-refractivity contribution is 5.88. The third-order valence-electron chi connectivity index (χ3n) is 6.49. The Morgan fingerprint density at radius 3 is 2.62 bits per heavy atom. The maximum atomic E-state index is 11.4. The maximum Gasteiger partial charge on any atom is 0.335 e. The van der Waals surface area contributed by atoms with E-state index in [1.54, 1.807) is 6.07 Å². The number of anilines is 1. The number of fused-ring (bicyclic) bond motifs is 7. The van der Waals surface area contributed by atoms with Gasteiger partial charge in [-0.2, -0.15) is 0 Å². The molecule has 0 radical (unpaired) electrons. The molecule has 24 heavy (non-hydrogen) atoms. The highest BCUT2D eigenvalue weighted by atomic mass is 16.4. The summed E-state index contributed by atoms with van der Waals surface area (Å²) >= 11 is 0. The maximum absolute atomic E-state index is 11.4. The van der Waals surface area contributed by atoms with Gasteiger partial charge in [0.1, 0.15) is 0 Å². The molecule has 5 rings (SSSR count). The molecule has 1 heterocycles. The zero-order valence-electron chi connectivity index (χ0n) is 13.5. The van der Waals surface area contributed by atoms with Gasteiger partial charge in [-0.05, 0) is 72.3 Å². The molecule has 2 bridgehead atoms. The van der Waals surface area contributed by atoms with E-state index < -0.39 is 5.97 Å². The van der Waals surface area contributed by atoms with Gasteiger partial charge in [-0.1, -0.05) is 30.3 Å². The minimum Gasteiger partial charge on any atom is -0.478 e. The molecule has 2 aromatic rings. The van der Waals surface area contributed by atoms with Crippen molar-refractivity contribution in [3.05, 3.63) is 65.2 Å². The van der Waals surface area contributed by atoms with E-state index in [0.717, 1.165) is 17.5 Å². The SMILES string of the molecule is O=C(O)c1ccc2c(c1)[C@H]1[C@H]3CC[C@H](C3)[C@H]1[C@H](c1ccccc1)N2. The summed E-state index contributed by atoms with van der Waals surface area (Å²) in [5.74, 6) is 1.74. The van der Waals surface area contributed by atoms with Gasteiger partial charge in [0, 0.05) is 5.69 Å². The van der Waals surface area contributed by atoms with Crippen LogP contribution in [0.1, 0.15) is 52.7 Å². The lowest BCUT2D eigenvalue weighted by Crippen LogP contribution is -2.35. The van der Waals surface area contributed by atoms with Gasteiger partial charge in [-0.25, -0.2) is 4.79 Å². The molecule has 3 aliphatic rings. The molecule has 1 aliphatic heterocycles. The number of hydrogen-bond donors (Lipinski definition) is 2. The molecule has 5 atom stereocenters. The summed E-state index contributed by atoms with van der Waals surface area (Å²) in [5, 5.41) is 13.1. The smallest absolute Gasteiger partial charge is 0.335 e. The van der Waals surface area contributed by atoms with Crippen LogP contribution in [0.15, 0.2) is 48.5 Å². The first-order chi connectivity index (χ1) is 11.7. The Bertz CT molecular complexity index is 801. The van der Waals surface area contributed by atoms with Crippen LogP contribution < -0.4 is 5.32 Å². The van der Waals surface area contributed by atoms with Crippen LogP contribution in [0.3, 0.4) is 0 Å². The summed E-state index contributed by atoms with van der Waals surface area (Å²) in [6, 6.07) is 16.7. The summed E-state index contributed by atoms with van der Waals surface area (Å²) in [7, 11) is 0. The van der Waals surface area contributed by atoms with Crippen LogP contribution in [0.2, 0.25) is 0 Å². The molecule has 0 unspecified atom stereocenters. The van der Waals surface area contributed by atoms with Crippen LogP contribution in [0.5, 0.6) is 0 Å². The number of nitrogens with one attached hydrogen (secondary N) is 1. The monoisotopic (exact) mass is 319 g/mol. The molecule has 3 heteroatoms. The van der Waals surface area contributed by atoms with E-state index in [4.69, 9.17) is 0 Å². The van der Waals surface area contributed by atoms with E-state index in [-0.39, 0.29) is 0 Å². The van der Waals surface area contributed by atoms with Crippen molar-refractivity contribution in [3.8, 4) is 0 Å². The Morgan fingerprint density at radius 1 is 1.04 bits per heavy atom. The van der Waals surface area contributed by atoms with Crippen molar-refractivity contribution in [2.24, 2.45) is 17.8 Å². The first-order valence-electron chi connectivity index (χ1n) is 8.91. The molecule has 122 valence electrons. The highest BCUT2D eigenvalue weighted by Crippen LogP contribution is 2.63. The first-order valence-corrected chi connectivity index (χ1v) is 8.91. The lowest BCUT2D eigenvalue weighted by molar-refractivity contribution is 0.0696. The molecule has 0 aromatic heterocycles. The third kappa shape index (κ3) is 1.94. The molecular weight excluding hydrogens is 298 g/mol. The van der Waals surface area contributed by atoms with Crippen molar-refractivity contribution in [2.45, 2.75) is 31.2 Å². The number of carbonyl (C=O) groups is 1. The van der Waals surface area contributed by atoms with Crippen molar-refractivity contribution < 1.29 is 9.90 Å². The summed E-state index contributed by atoms with van der Waals surface area (Å²) in [4.78, 5) is 11.4. The van der Waals surface area contributed by atoms with Crippen molar-refractivity contribution in [2.75, 3.05) is 5.32 Å². The minimum atomic E-state index is -0.831. The normalized spacial score (nSPS) is 32.8. The predicted molar refractivity (Wildman–Crippen MR) is 93.3 cm³/mol. The lowest BCUT2D eigenvalue weighted by atomic mass is 9.68. The van der Waals surface area contributed by atoms with E-state index in [1.165, 1.54) is 30.4 Å². The topological polar surface area (TPSA) is 49.3 Å². The predicted octanol–water partition coefficient (Wildman–Crippen LogP) is 4.68. The van der Waals surface area contributed by atoms with Crippen LogP contribution in [-0.4, -0.2) is 11.1 Å². The van der Waals surface area contributed by atoms with E-state index in [2.05, 4.69) is 35.6 Å². The van der Waals surface area contributed by atoms with Gasteiger partial charge in [0.2, 0.25) is 0 Å². The van der Waals surface area contributed by atoms with Crippen LogP contribution in [0.25, 0.3) is 0 Å². The molecular formula is C21H21NO2. The number of carboxylic acids is 1. The molecule has 0 saturated heterocycles. The zero-order valence-corrected chi connectivity index (χ0v) is 13.5. The molecule has 0 amide bonds. The van der Waals surface area contributed by atoms with Gasteiger partial charge in [-0.15, -0.1) is 0 Å². The largest absolute Gasteiger partial charge is 0.478 e. The van der Waals surface area contributed by atoms with Crippen LogP contribution >= 0.6 is 0 Å². The van der Waals surface area contributed by atoms with E-state index >= 15 is 0 Å². The standard InChI is InChI=1S/C21H21NO2/c23-21(24)15-8-9-17-16(11-15)18-13-6-7-14(10-13)19(18)20(22-17)12-4-2-1-3-5-12/h1-5,8-9,11,13-14,18-20,22H,6-7,10H2,(H,23,24)/t13-,14+,18+,19+,20-/m0/s1. The fourth-order valence-electron chi connectivity index (χ4n) is 5.61. The van der Waals surface area contributed by atoms with E-state index in [1.807, 2.05) is 12.1 Å². The molecule has 2 fully saturated rings. The minimum absolute atomic E-state index is 0.342. The highest BCUT2D eigenvalue weighted by Gasteiger charge is 2.53. The van der Waals surface area contributed by atoms with Crippen molar-refractivity contribution in [1.82, 2.24) is 0 Å². The Hall–Kier alpha value is -2.29. The molecule has 2 saturated carbocycles. The third-order valence-corrected chi connectivity index (χ3v) is 6.49. The molecule has 2 aromatic carbocycles. The van der Waals surface area contributed by atoms with Crippen molar-refractivity contribution in [3.63, 3.8) is 0 Å². The van der Waals surface area contributed by atoms with Crippen LogP contribution in [0.4, 0.5) is 5.69 Å². The van der Waals surface area contributed by atoms with Crippen LogP contribution in [0, 0.1) is 17.8 Å². The van der Waals surface area contributed by atoms with Gasteiger partial charge in [-0.3, -0.25) is 0 Å². The number of carboxylic acid groups (broad SMARTS) is 1. The second-order valence-electron chi connectivity index (χ2n) is 7.58. The average Bonchev–Trinajstić information content (AvgIpc) is 3.23. The van der Waals surface area contributed by atoms with Crippen LogP contribution in [-0.2, 0) is 0 Å². The molecule has 0 spiro atoms. The Labute approximate surface area is 141 Å². The van der Waals surface area contributed by atoms with Crippen molar-refractivity contribution in [1.29, 1.82) is 0 Å². The Kier molecular flexibility index (Phi) is 2.99. The van der Waals surface area contributed by atoms with Crippen molar-refractivity contribution >= 4 is 11.7 Å². The second-order valence-corrected chi connectivity index (χ2v) is 7.58. The van der Waals surface area contributed by atoms with Gasteiger partial charge < -0.3 is 10.4 Å². The average molecular weight is 319 g/mol. The summed E-state index contributed by atoms with van der Waals surface area (Å²) < 4.78 is 0. The van der Waals surface area contributed by atoms with Gasteiger partial charge >= 0.3 is 5.97 Å². The molecule has 2 aliphatic carbocycles. The quantitative estimate of drug-likeness (QED) is 0.845. The first kappa shape index (κ1) is 14.1. The molecule has 3 nitrogen and oxygen atoms in total. The van der Waals surface area contributed by atoms with Gasteiger partial charge in [0.15, 0.2) is 0 Å². The Balaban J connectivity index is 1.64. The number of aromatic carboxylic acids is 1. The zero-order chi connectivity index (χ0) is 16.3. The molecule has 2 N–H and O–H groups in total. The number of hydrogen-bond acceptors (Lipinski definition) is 2. The summed E-state index contributed by atoms with van der Waals surface area (Å²) in [5.41, 5.74) is 4.13. The Morgan fingerprint density at radius 2 is 1.83 bits per heavy atom. The summed E-state index contributed by atoms with van der Waals surface area (Å²) in [6.45, 7) is 0. The second kappa shape index (κ2) is 5.10. The fourth-order valence-corrected chi connectivity index (χ4v) is 5.61. The number of benzene rings is 2. The van der Waals surface area contributed by atoms with E-state index in [0.29, 0.717) is 23.4 Å². The number of rotatable bonds is 2. The summed E-state index contributed by atoms with van der Waals surface area (Å²) in [6.07, 6.45) is 3.92.